The molecular weight excluding hydrogens is 624 g/mol. The van der Waals surface area contributed by atoms with Crippen molar-refractivity contribution in [3.63, 3.8) is 0 Å². The quantitative estimate of drug-likeness (QED) is 0.355. The average molecular weight is 644 g/mol. The predicted octanol–water partition coefficient (Wildman–Crippen LogP) is 3.88. The van der Waals surface area contributed by atoms with Crippen LogP contribution in [0.5, 0.6) is 0 Å². The van der Waals surface area contributed by atoms with Crippen molar-refractivity contribution in [2.45, 2.75) is 60.0 Å². The van der Waals surface area contributed by atoms with E-state index in [-0.39, 0.29) is 24.4 Å². The van der Waals surface area contributed by atoms with Crippen LogP contribution in [0.1, 0.15) is 27.7 Å². The van der Waals surface area contributed by atoms with E-state index in [0.717, 1.165) is 7.86 Å². The van der Waals surface area contributed by atoms with E-state index in [1.807, 2.05) is 0 Å². The number of halogens is 2. The zero-order valence-corrected chi connectivity index (χ0v) is 23.2. The third kappa shape index (κ3) is 9.32. The molecule has 90 valence electrons. The SMILES string of the molecule is CC(C)OC([CH2][Hg][Cl])C([CH2][Hg][Cl])OC(C)C. The van der Waals surface area contributed by atoms with Crippen molar-refractivity contribution in [1.82, 2.24) is 0 Å². The summed E-state index contributed by atoms with van der Waals surface area (Å²) in [6.07, 6.45) is 0.874. The van der Waals surface area contributed by atoms with E-state index >= 15 is 0 Å². The molecule has 2 nitrogen and oxygen atoms in total. The van der Waals surface area contributed by atoms with E-state index in [4.69, 9.17) is 26.0 Å². The summed E-state index contributed by atoms with van der Waals surface area (Å²) in [5, 5.41) is 0. The van der Waals surface area contributed by atoms with Gasteiger partial charge in [-0.05, 0) is 0 Å². The van der Waals surface area contributed by atoms with Gasteiger partial charge in [0, 0.05) is 0 Å². The first-order valence-corrected chi connectivity index (χ1v) is 27.2. The van der Waals surface area contributed by atoms with Crippen LogP contribution in [-0.2, 0) is 56.2 Å². The fourth-order valence-electron chi connectivity index (χ4n) is 1.60. The van der Waals surface area contributed by atoms with Gasteiger partial charge in [0.15, 0.2) is 0 Å². The van der Waals surface area contributed by atoms with Crippen LogP contribution in [0.2, 0.25) is 7.86 Å². The first-order chi connectivity index (χ1) is 7.51. The van der Waals surface area contributed by atoms with E-state index < -0.39 is 46.7 Å². The predicted molar refractivity (Wildman–Crippen MR) is 61.3 cm³/mol. The van der Waals surface area contributed by atoms with Gasteiger partial charge in [-0.15, -0.1) is 0 Å². The molecule has 0 aromatic carbocycles. The van der Waals surface area contributed by atoms with Gasteiger partial charge in [0.2, 0.25) is 0 Å². The van der Waals surface area contributed by atoms with Crippen LogP contribution in [0.15, 0.2) is 0 Å². The maximum atomic E-state index is 6.03. The molecule has 0 aliphatic rings. The summed E-state index contributed by atoms with van der Waals surface area (Å²) in [7, 11) is 12.1. The molecule has 0 aromatic rings. The van der Waals surface area contributed by atoms with Gasteiger partial charge in [-0.25, -0.2) is 0 Å². The Kier molecular flexibility index (Phi) is 12.9. The number of ether oxygens (including phenoxy) is 2. The van der Waals surface area contributed by atoms with E-state index in [2.05, 4.69) is 27.7 Å². The van der Waals surface area contributed by atoms with Gasteiger partial charge in [-0.3, -0.25) is 0 Å². The number of hydrogen-bond acceptors (Lipinski definition) is 2. The second-order valence-corrected chi connectivity index (χ2v) is 18.5. The van der Waals surface area contributed by atoms with E-state index in [1.54, 1.807) is 0 Å². The van der Waals surface area contributed by atoms with Crippen molar-refractivity contribution in [1.29, 1.82) is 0 Å². The average Bonchev–Trinajstić information content (AvgIpc) is 2.15. The van der Waals surface area contributed by atoms with Gasteiger partial charge in [-0.2, -0.15) is 0 Å². The Bertz CT molecular complexity index is 153. The molecule has 0 heterocycles. The van der Waals surface area contributed by atoms with Crippen molar-refractivity contribution in [3.8, 4) is 0 Å². The normalized spacial score (nSPS) is 14.8. The molecule has 0 bridgehead atoms. The Morgan fingerprint density at radius 2 is 1.12 bits per heavy atom. The van der Waals surface area contributed by atoms with E-state index in [9.17, 15) is 0 Å². The summed E-state index contributed by atoms with van der Waals surface area (Å²) in [5.41, 5.74) is 0. The molecule has 0 aliphatic heterocycles. The Morgan fingerprint density at radius 3 is 1.31 bits per heavy atom. The summed E-state index contributed by atoms with van der Waals surface area (Å²) in [4.78, 5) is 0. The van der Waals surface area contributed by atoms with E-state index in [0.29, 0.717) is 0 Å². The van der Waals surface area contributed by atoms with Gasteiger partial charge < -0.3 is 0 Å². The molecule has 0 spiro atoms. The van der Waals surface area contributed by atoms with Crippen molar-refractivity contribution < 1.29 is 56.2 Å². The third-order valence-electron chi connectivity index (χ3n) is 2.10. The molecule has 0 N–H and O–H groups in total. The topological polar surface area (TPSA) is 18.5 Å². The van der Waals surface area contributed by atoms with Gasteiger partial charge in [0.25, 0.3) is 0 Å². The fraction of sp³-hybridized carbons (Fsp3) is 1.00. The summed E-state index contributed by atoms with van der Waals surface area (Å²) >= 11 is -2.39. The molecule has 0 aliphatic carbocycles. The molecule has 0 fully saturated rings. The van der Waals surface area contributed by atoms with Gasteiger partial charge in [0.1, 0.15) is 0 Å². The second kappa shape index (κ2) is 11.2. The maximum absolute atomic E-state index is 6.03. The molecule has 16 heavy (non-hydrogen) atoms. The van der Waals surface area contributed by atoms with Crippen molar-refractivity contribution >= 4 is 16.5 Å². The zero-order valence-electron chi connectivity index (χ0n) is 10.7. The van der Waals surface area contributed by atoms with Crippen molar-refractivity contribution in [3.05, 3.63) is 0 Å². The van der Waals surface area contributed by atoms with Crippen LogP contribution in [-0.4, -0.2) is 24.4 Å². The minimum atomic E-state index is -1.20. The number of hydrogen-bond donors (Lipinski definition) is 0. The molecule has 2 unspecified atom stereocenters. The van der Waals surface area contributed by atoms with Crippen LogP contribution in [0.25, 0.3) is 0 Å². The van der Waals surface area contributed by atoms with Gasteiger partial charge >= 0.3 is 133 Å². The molecule has 0 amide bonds. The van der Waals surface area contributed by atoms with Gasteiger partial charge in [0.05, 0.1) is 0 Å². The molecule has 0 rings (SSSR count). The monoisotopic (exact) mass is 646 g/mol. The Balaban J connectivity index is 4.37. The fourth-order valence-corrected chi connectivity index (χ4v) is 11.0. The Labute approximate surface area is 131 Å². The third-order valence-corrected chi connectivity index (χ3v) is 12.0. The first-order valence-electron chi connectivity index (χ1n) is 5.94. The first kappa shape index (κ1) is 18.4. The molecule has 0 radical (unpaired) electrons. The Hall–Kier alpha value is 2.37. The number of rotatable bonds is 9. The van der Waals surface area contributed by atoms with Crippen LogP contribution in [0.4, 0.5) is 0 Å². The van der Waals surface area contributed by atoms with Crippen LogP contribution < -0.4 is 0 Å². The van der Waals surface area contributed by atoms with Crippen LogP contribution in [0, 0.1) is 0 Å². The summed E-state index contributed by atoms with van der Waals surface area (Å²) in [6.45, 7) is 8.26. The standard InChI is InChI=1S/C10H20O2.2ClH.2Hg/c1-7(2)11-9(5)10(6)12-8(3)4;;;;/h7-10H,5-6H2,1-4H3;2*1H;;/q;;;2*+1/p-2. The summed E-state index contributed by atoms with van der Waals surface area (Å²) in [5.74, 6) is 0. The minimum absolute atomic E-state index is 0.195. The van der Waals surface area contributed by atoms with E-state index in [1.165, 1.54) is 0 Å². The molecule has 0 saturated heterocycles. The molecule has 6 heteroatoms. The summed E-state index contributed by atoms with van der Waals surface area (Å²) in [6, 6.07) is 0. The van der Waals surface area contributed by atoms with Crippen LogP contribution >= 0.6 is 16.5 Å². The molecular formula is C10H20Cl2Hg2O2. The Morgan fingerprint density at radius 1 is 0.812 bits per heavy atom. The molecule has 2 atom stereocenters. The van der Waals surface area contributed by atoms with Crippen molar-refractivity contribution in [2.75, 3.05) is 0 Å². The second-order valence-electron chi connectivity index (χ2n) is 4.40. The summed E-state index contributed by atoms with van der Waals surface area (Å²) < 4.78 is 14.0. The molecule has 0 saturated carbocycles. The van der Waals surface area contributed by atoms with Gasteiger partial charge in [-0.1, -0.05) is 0 Å². The zero-order chi connectivity index (χ0) is 12.6. The molecule has 0 aromatic heterocycles. The van der Waals surface area contributed by atoms with Crippen molar-refractivity contribution in [2.24, 2.45) is 0 Å². The van der Waals surface area contributed by atoms with Crippen LogP contribution in [0.3, 0.4) is 0 Å².